The van der Waals surface area contributed by atoms with E-state index in [0.29, 0.717) is 11.2 Å². The zero-order valence-corrected chi connectivity index (χ0v) is 8.02. The molecule has 0 saturated heterocycles. The Hall–Kier alpha value is -1.62. The van der Waals surface area contributed by atoms with Gasteiger partial charge in [-0.15, -0.1) is 5.10 Å². The molecule has 0 N–H and O–H groups in total. The summed E-state index contributed by atoms with van der Waals surface area (Å²) in [6.07, 6.45) is 1.60. The highest BCUT2D eigenvalue weighted by Gasteiger charge is 2.07. The number of methoxy groups -OCH3 is 1. The van der Waals surface area contributed by atoms with Crippen molar-refractivity contribution in [2.24, 2.45) is 0 Å². The van der Waals surface area contributed by atoms with E-state index in [4.69, 9.17) is 11.6 Å². The largest absolute Gasteiger partial charge is 0.465 e. The fourth-order valence-electron chi connectivity index (χ4n) is 1.10. The topological polar surface area (TPSA) is 56.5 Å². The molecule has 0 aliphatic carbocycles. The number of rotatable bonds is 1. The lowest BCUT2D eigenvalue weighted by Gasteiger charge is -1.97. The van der Waals surface area contributed by atoms with Gasteiger partial charge >= 0.3 is 5.97 Å². The Morgan fingerprint density at radius 3 is 3.14 bits per heavy atom. The van der Waals surface area contributed by atoms with Crippen LogP contribution in [0.15, 0.2) is 18.3 Å². The van der Waals surface area contributed by atoms with Crippen LogP contribution in [0.5, 0.6) is 0 Å². The molecule has 0 aromatic carbocycles. The number of esters is 1. The first-order valence-electron chi connectivity index (χ1n) is 3.81. The second-order valence-electron chi connectivity index (χ2n) is 2.59. The van der Waals surface area contributed by atoms with Crippen LogP contribution in [0.3, 0.4) is 0 Å². The van der Waals surface area contributed by atoms with Gasteiger partial charge in [-0.25, -0.2) is 9.31 Å². The molecule has 2 rings (SSSR count). The third-order valence-electron chi connectivity index (χ3n) is 1.73. The predicted molar refractivity (Wildman–Crippen MR) is 49.3 cm³/mol. The lowest BCUT2D eigenvalue weighted by molar-refractivity contribution is 0.0600. The highest BCUT2D eigenvalue weighted by molar-refractivity contribution is 6.28. The number of carbonyl (C=O) groups is 1. The molecule has 0 amide bonds. The van der Waals surface area contributed by atoms with E-state index in [2.05, 4.69) is 14.8 Å². The molecule has 0 saturated carbocycles. The van der Waals surface area contributed by atoms with E-state index in [1.54, 1.807) is 18.3 Å². The van der Waals surface area contributed by atoms with Gasteiger partial charge in [0.1, 0.15) is 0 Å². The normalized spacial score (nSPS) is 10.4. The molecule has 0 aliphatic heterocycles. The fourth-order valence-corrected chi connectivity index (χ4v) is 1.27. The summed E-state index contributed by atoms with van der Waals surface area (Å²) in [5.74, 6) is -0.411. The molecule has 6 heteroatoms. The first-order valence-corrected chi connectivity index (χ1v) is 4.19. The van der Waals surface area contributed by atoms with Gasteiger partial charge < -0.3 is 4.74 Å². The smallest absolute Gasteiger partial charge is 0.338 e. The molecule has 0 unspecified atom stereocenters. The number of fused-ring (bicyclic) bond motifs is 1. The molecule has 2 heterocycles. The van der Waals surface area contributed by atoms with Crippen LogP contribution < -0.4 is 0 Å². The van der Waals surface area contributed by atoms with Crippen LogP contribution in [0, 0.1) is 0 Å². The van der Waals surface area contributed by atoms with Gasteiger partial charge in [0, 0.05) is 6.20 Å². The second kappa shape index (κ2) is 3.26. The van der Waals surface area contributed by atoms with Crippen LogP contribution in [-0.2, 0) is 4.74 Å². The third-order valence-corrected chi connectivity index (χ3v) is 1.89. The molecule has 2 aromatic heterocycles. The van der Waals surface area contributed by atoms with Gasteiger partial charge in [-0.1, -0.05) is 0 Å². The Labute approximate surface area is 84.3 Å². The first-order chi connectivity index (χ1) is 6.70. The summed E-state index contributed by atoms with van der Waals surface area (Å²) in [7, 11) is 1.32. The van der Waals surface area contributed by atoms with Crippen LogP contribution in [0.1, 0.15) is 10.4 Å². The maximum absolute atomic E-state index is 11.2. The Morgan fingerprint density at radius 2 is 2.43 bits per heavy atom. The number of pyridine rings is 1. The third kappa shape index (κ3) is 1.42. The Kier molecular flexibility index (Phi) is 2.09. The minimum absolute atomic E-state index is 0.145. The van der Waals surface area contributed by atoms with Crippen molar-refractivity contribution in [3.63, 3.8) is 0 Å². The maximum Gasteiger partial charge on any atom is 0.338 e. The van der Waals surface area contributed by atoms with Gasteiger partial charge in [0.05, 0.1) is 12.7 Å². The molecule has 0 radical (unpaired) electrons. The van der Waals surface area contributed by atoms with Crippen molar-refractivity contribution >= 4 is 23.2 Å². The summed E-state index contributed by atoms with van der Waals surface area (Å²) in [4.78, 5) is 15.1. The molecule has 14 heavy (non-hydrogen) atoms. The lowest BCUT2D eigenvalue weighted by Crippen LogP contribution is -2.02. The number of ether oxygens (including phenoxy) is 1. The average Bonchev–Trinajstić information content (AvgIpc) is 2.55. The van der Waals surface area contributed by atoms with Gasteiger partial charge in [0.25, 0.3) is 0 Å². The highest BCUT2D eigenvalue weighted by atomic mass is 35.5. The summed E-state index contributed by atoms with van der Waals surface area (Å²) in [6, 6.07) is 3.15. The van der Waals surface area contributed by atoms with Gasteiger partial charge in [0.2, 0.25) is 5.28 Å². The number of halogens is 1. The molecule has 0 spiro atoms. The molecular weight excluding hydrogens is 206 g/mol. The molecule has 0 fully saturated rings. The number of carbonyl (C=O) groups excluding carboxylic acids is 1. The zero-order chi connectivity index (χ0) is 10.1. The van der Waals surface area contributed by atoms with Crippen LogP contribution in [0.25, 0.3) is 5.65 Å². The minimum Gasteiger partial charge on any atom is -0.465 e. The average molecular weight is 212 g/mol. The molecule has 72 valence electrons. The van der Waals surface area contributed by atoms with Gasteiger partial charge in [-0.2, -0.15) is 4.98 Å². The van der Waals surface area contributed by atoms with Gasteiger partial charge in [0.15, 0.2) is 5.65 Å². The van der Waals surface area contributed by atoms with E-state index < -0.39 is 5.97 Å². The standard InChI is InChI=1S/C8H6ClN3O2/c1-14-7(13)5-2-3-12-6(4-5)10-8(9)11-12/h2-4H,1H3. The van der Waals surface area contributed by atoms with E-state index in [1.807, 2.05) is 0 Å². The number of hydrogen-bond donors (Lipinski definition) is 0. The maximum atomic E-state index is 11.2. The first kappa shape index (κ1) is 8.96. The van der Waals surface area contributed by atoms with Crippen LogP contribution >= 0.6 is 11.6 Å². The summed E-state index contributed by atoms with van der Waals surface area (Å²) in [5, 5.41) is 4.00. The summed E-state index contributed by atoms with van der Waals surface area (Å²) >= 11 is 5.59. The highest BCUT2D eigenvalue weighted by Crippen LogP contribution is 2.09. The zero-order valence-electron chi connectivity index (χ0n) is 7.27. The van der Waals surface area contributed by atoms with Gasteiger partial charge in [-0.3, -0.25) is 0 Å². The molecular formula is C8H6ClN3O2. The van der Waals surface area contributed by atoms with Crippen molar-refractivity contribution in [1.29, 1.82) is 0 Å². The van der Waals surface area contributed by atoms with E-state index >= 15 is 0 Å². The molecule has 0 atom stereocenters. The van der Waals surface area contributed by atoms with Crippen molar-refractivity contribution in [1.82, 2.24) is 14.6 Å². The van der Waals surface area contributed by atoms with Crippen molar-refractivity contribution in [2.75, 3.05) is 7.11 Å². The number of aromatic nitrogens is 3. The van der Waals surface area contributed by atoms with Crippen LogP contribution in [-0.4, -0.2) is 27.7 Å². The summed E-state index contributed by atoms with van der Waals surface area (Å²) in [6.45, 7) is 0. The molecule has 0 bridgehead atoms. The van der Waals surface area contributed by atoms with Gasteiger partial charge in [-0.05, 0) is 23.7 Å². The SMILES string of the molecule is COC(=O)c1ccn2nc(Cl)nc2c1. The van der Waals surface area contributed by atoms with Crippen molar-refractivity contribution < 1.29 is 9.53 Å². The van der Waals surface area contributed by atoms with E-state index in [-0.39, 0.29) is 5.28 Å². The van der Waals surface area contributed by atoms with Crippen LogP contribution in [0.4, 0.5) is 0 Å². The Bertz CT molecular complexity index is 494. The van der Waals surface area contributed by atoms with Crippen LogP contribution in [0.2, 0.25) is 5.28 Å². The fraction of sp³-hybridized carbons (Fsp3) is 0.125. The van der Waals surface area contributed by atoms with E-state index in [1.165, 1.54) is 11.6 Å². The van der Waals surface area contributed by atoms with Crippen molar-refractivity contribution in [3.8, 4) is 0 Å². The second-order valence-corrected chi connectivity index (χ2v) is 2.93. The number of hydrogen-bond acceptors (Lipinski definition) is 4. The number of nitrogens with zero attached hydrogens (tertiary/aromatic N) is 3. The lowest BCUT2D eigenvalue weighted by atomic mass is 10.3. The quantitative estimate of drug-likeness (QED) is 0.665. The van der Waals surface area contributed by atoms with E-state index in [0.717, 1.165) is 0 Å². The Balaban J connectivity index is 2.55. The molecule has 5 nitrogen and oxygen atoms in total. The van der Waals surface area contributed by atoms with E-state index in [9.17, 15) is 4.79 Å². The Morgan fingerprint density at radius 1 is 1.64 bits per heavy atom. The molecule has 0 aliphatic rings. The minimum atomic E-state index is -0.411. The van der Waals surface area contributed by atoms with Crippen molar-refractivity contribution in [2.45, 2.75) is 0 Å². The monoisotopic (exact) mass is 211 g/mol. The summed E-state index contributed by atoms with van der Waals surface area (Å²) < 4.78 is 6.04. The van der Waals surface area contributed by atoms with Crippen molar-refractivity contribution in [3.05, 3.63) is 29.2 Å². The summed E-state index contributed by atoms with van der Waals surface area (Å²) in [5.41, 5.74) is 0.932. The molecule has 2 aromatic rings. The predicted octanol–water partition coefficient (Wildman–Crippen LogP) is 1.17.